The zero-order valence-electron chi connectivity index (χ0n) is 13.6. The van der Waals surface area contributed by atoms with Crippen molar-refractivity contribution in [3.8, 4) is 11.5 Å². The summed E-state index contributed by atoms with van der Waals surface area (Å²) in [4.78, 5) is 23.3. The third kappa shape index (κ3) is 5.07. The molecule has 0 fully saturated rings. The summed E-state index contributed by atoms with van der Waals surface area (Å²) in [6, 6.07) is 12.2. The van der Waals surface area contributed by atoms with E-state index in [0.717, 1.165) is 6.08 Å². The van der Waals surface area contributed by atoms with Crippen molar-refractivity contribution in [3.63, 3.8) is 0 Å². The van der Waals surface area contributed by atoms with Crippen molar-refractivity contribution in [1.82, 2.24) is 0 Å². The van der Waals surface area contributed by atoms with Crippen LogP contribution >= 0.6 is 0 Å². The Morgan fingerprint density at radius 2 is 1.68 bits per heavy atom. The summed E-state index contributed by atoms with van der Waals surface area (Å²) in [7, 11) is 2.38. The minimum atomic E-state index is -0.748. The van der Waals surface area contributed by atoms with Crippen molar-refractivity contribution in [2.24, 2.45) is 0 Å². The second kappa shape index (κ2) is 8.49. The van der Waals surface area contributed by atoms with Crippen molar-refractivity contribution < 1.29 is 28.2 Å². The Morgan fingerprint density at radius 3 is 2.32 bits per heavy atom. The van der Waals surface area contributed by atoms with Crippen LogP contribution in [0.25, 0.3) is 0 Å². The van der Waals surface area contributed by atoms with E-state index in [0.29, 0.717) is 17.2 Å². The fraction of sp³-hybridized carbons (Fsp3) is 0.111. The highest BCUT2D eigenvalue weighted by Crippen LogP contribution is 2.30. The van der Waals surface area contributed by atoms with E-state index in [1.165, 1.54) is 38.5 Å². The van der Waals surface area contributed by atoms with Gasteiger partial charge >= 0.3 is 11.9 Å². The Labute approximate surface area is 143 Å². The monoisotopic (exact) mass is 345 g/mol. The molecule has 1 N–H and O–H groups in total. The van der Waals surface area contributed by atoms with E-state index in [1.807, 2.05) is 0 Å². The molecule has 0 heterocycles. The Bertz CT molecular complexity index is 786. The van der Waals surface area contributed by atoms with E-state index in [1.54, 1.807) is 24.3 Å². The summed E-state index contributed by atoms with van der Waals surface area (Å²) in [6.45, 7) is 0. The van der Waals surface area contributed by atoms with Gasteiger partial charge in [-0.25, -0.2) is 14.0 Å². The molecule has 0 aromatic heterocycles. The first-order chi connectivity index (χ1) is 12.0. The van der Waals surface area contributed by atoms with Gasteiger partial charge in [-0.05, 0) is 36.4 Å². The summed E-state index contributed by atoms with van der Waals surface area (Å²) >= 11 is 0. The van der Waals surface area contributed by atoms with Gasteiger partial charge in [-0.2, -0.15) is 0 Å². The number of ether oxygens (including phenoxy) is 3. The van der Waals surface area contributed by atoms with Crippen molar-refractivity contribution in [3.05, 3.63) is 66.1 Å². The van der Waals surface area contributed by atoms with Crippen LogP contribution in [0.2, 0.25) is 0 Å². The molecule has 6 nitrogen and oxygen atoms in total. The van der Waals surface area contributed by atoms with Crippen LogP contribution in [-0.4, -0.2) is 26.2 Å². The zero-order valence-corrected chi connectivity index (χ0v) is 13.6. The van der Waals surface area contributed by atoms with Gasteiger partial charge in [-0.1, -0.05) is 12.1 Å². The molecular weight excluding hydrogens is 329 g/mol. The molecule has 0 radical (unpaired) electrons. The minimum Gasteiger partial charge on any atom is -0.466 e. The van der Waals surface area contributed by atoms with Gasteiger partial charge < -0.3 is 19.5 Å². The molecule has 25 heavy (non-hydrogen) atoms. The summed E-state index contributed by atoms with van der Waals surface area (Å²) in [6.07, 6.45) is 0.973. The largest absolute Gasteiger partial charge is 0.466 e. The fourth-order valence-corrected chi connectivity index (χ4v) is 1.87. The van der Waals surface area contributed by atoms with Gasteiger partial charge in [0, 0.05) is 0 Å². The predicted molar refractivity (Wildman–Crippen MR) is 88.7 cm³/mol. The normalized spacial score (nSPS) is 10.8. The molecular formula is C18H16FNO5. The maximum Gasteiger partial charge on any atom is 0.354 e. The molecule has 0 aliphatic carbocycles. The summed E-state index contributed by atoms with van der Waals surface area (Å²) in [5.74, 6) is -1.07. The zero-order chi connectivity index (χ0) is 18.2. The quantitative estimate of drug-likeness (QED) is 0.640. The van der Waals surface area contributed by atoms with Crippen LogP contribution in [0.5, 0.6) is 11.5 Å². The number of halogens is 1. The summed E-state index contributed by atoms with van der Waals surface area (Å²) in [5, 5.41) is 2.78. The molecule has 7 heteroatoms. The number of hydrogen-bond donors (Lipinski definition) is 1. The van der Waals surface area contributed by atoms with E-state index in [9.17, 15) is 14.0 Å². The summed E-state index contributed by atoms with van der Waals surface area (Å²) < 4.78 is 27.8. The maximum atomic E-state index is 13.0. The first kappa shape index (κ1) is 18.0. The van der Waals surface area contributed by atoms with Crippen LogP contribution < -0.4 is 10.1 Å². The van der Waals surface area contributed by atoms with Crippen LogP contribution in [0.15, 0.2) is 60.3 Å². The number of para-hydroxylation sites is 2. The molecule has 0 bridgehead atoms. The number of carbonyl (C=O) groups excluding carboxylic acids is 2. The molecule has 0 atom stereocenters. The molecule has 0 aliphatic rings. The average molecular weight is 345 g/mol. The van der Waals surface area contributed by atoms with Gasteiger partial charge in [-0.3, -0.25) is 0 Å². The molecule has 0 amide bonds. The Kier molecular flexibility index (Phi) is 6.11. The number of nitrogens with one attached hydrogen (secondary N) is 1. The van der Waals surface area contributed by atoms with Crippen molar-refractivity contribution in [1.29, 1.82) is 0 Å². The van der Waals surface area contributed by atoms with Crippen molar-refractivity contribution in [2.75, 3.05) is 19.5 Å². The van der Waals surface area contributed by atoms with Crippen LogP contribution in [0.3, 0.4) is 0 Å². The third-order valence-corrected chi connectivity index (χ3v) is 3.07. The first-order valence-corrected chi connectivity index (χ1v) is 7.21. The number of carbonyl (C=O) groups is 2. The molecule has 0 saturated carbocycles. The molecule has 0 aliphatic heterocycles. The lowest BCUT2D eigenvalue weighted by molar-refractivity contribution is -0.138. The van der Waals surface area contributed by atoms with Gasteiger partial charge in [0.15, 0.2) is 5.75 Å². The lowest BCUT2D eigenvalue weighted by Gasteiger charge is -2.14. The molecule has 2 aromatic carbocycles. The topological polar surface area (TPSA) is 73.9 Å². The van der Waals surface area contributed by atoms with Crippen LogP contribution in [0, 0.1) is 5.82 Å². The number of hydrogen-bond acceptors (Lipinski definition) is 6. The van der Waals surface area contributed by atoms with Crippen LogP contribution in [0.1, 0.15) is 0 Å². The molecule has 2 aromatic rings. The second-order valence-corrected chi connectivity index (χ2v) is 4.75. The number of rotatable bonds is 6. The highest BCUT2D eigenvalue weighted by Gasteiger charge is 2.15. The second-order valence-electron chi connectivity index (χ2n) is 4.75. The van der Waals surface area contributed by atoms with Gasteiger partial charge in [0.25, 0.3) is 0 Å². The highest BCUT2D eigenvalue weighted by molar-refractivity contribution is 5.99. The fourth-order valence-electron chi connectivity index (χ4n) is 1.87. The molecule has 0 spiro atoms. The number of esters is 2. The lowest BCUT2D eigenvalue weighted by atomic mass is 10.2. The first-order valence-electron chi connectivity index (χ1n) is 7.21. The van der Waals surface area contributed by atoms with E-state index in [4.69, 9.17) is 4.74 Å². The molecule has 2 rings (SSSR count). The maximum absolute atomic E-state index is 13.0. The highest BCUT2D eigenvalue weighted by atomic mass is 19.1. The number of anilines is 1. The van der Waals surface area contributed by atoms with Crippen LogP contribution in [0.4, 0.5) is 10.1 Å². The van der Waals surface area contributed by atoms with Gasteiger partial charge in [0.1, 0.15) is 17.3 Å². The van der Waals surface area contributed by atoms with Gasteiger partial charge in [0.2, 0.25) is 0 Å². The minimum absolute atomic E-state index is 0.121. The van der Waals surface area contributed by atoms with E-state index in [2.05, 4.69) is 14.8 Å². The molecule has 0 saturated heterocycles. The van der Waals surface area contributed by atoms with Crippen molar-refractivity contribution >= 4 is 17.6 Å². The molecule has 0 unspecified atom stereocenters. The average Bonchev–Trinajstić information content (AvgIpc) is 2.63. The number of methoxy groups -OCH3 is 2. The van der Waals surface area contributed by atoms with E-state index >= 15 is 0 Å². The SMILES string of the molecule is COC(=O)/C=C(/Nc1ccccc1Oc1ccc(F)cc1)C(=O)OC. The number of benzene rings is 2. The lowest BCUT2D eigenvalue weighted by Crippen LogP contribution is -2.15. The van der Waals surface area contributed by atoms with Crippen molar-refractivity contribution in [2.45, 2.75) is 0 Å². The molecule has 130 valence electrons. The van der Waals surface area contributed by atoms with Crippen LogP contribution in [-0.2, 0) is 19.1 Å². The standard InChI is InChI=1S/C18H16FNO5/c1-23-17(21)11-15(18(22)24-2)20-14-5-3-4-6-16(14)25-13-9-7-12(19)8-10-13/h3-11,20H,1-2H3/b15-11+. The van der Waals surface area contributed by atoms with E-state index < -0.39 is 11.9 Å². The Hall–Kier alpha value is -3.35. The van der Waals surface area contributed by atoms with Gasteiger partial charge in [-0.15, -0.1) is 0 Å². The Balaban J connectivity index is 2.29. The predicted octanol–water partition coefficient (Wildman–Crippen LogP) is 3.26. The summed E-state index contributed by atoms with van der Waals surface area (Å²) in [5.41, 5.74) is 0.289. The Morgan fingerprint density at radius 1 is 1.00 bits per heavy atom. The third-order valence-electron chi connectivity index (χ3n) is 3.07. The van der Waals surface area contributed by atoms with Gasteiger partial charge in [0.05, 0.1) is 26.0 Å². The smallest absolute Gasteiger partial charge is 0.354 e. The van der Waals surface area contributed by atoms with E-state index in [-0.39, 0.29) is 11.5 Å².